The molecule has 3 aromatic rings. The second kappa shape index (κ2) is 9.08. The van der Waals surface area contributed by atoms with Gasteiger partial charge in [-0.2, -0.15) is 0 Å². The van der Waals surface area contributed by atoms with Crippen LogP contribution in [0.5, 0.6) is 0 Å². The summed E-state index contributed by atoms with van der Waals surface area (Å²) in [6.07, 6.45) is 1.50. The van der Waals surface area contributed by atoms with Crippen molar-refractivity contribution in [1.29, 1.82) is 0 Å². The molecule has 1 fully saturated rings. The molecule has 0 aliphatic carbocycles. The summed E-state index contributed by atoms with van der Waals surface area (Å²) in [7, 11) is 0. The molecule has 6 nitrogen and oxygen atoms in total. The van der Waals surface area contributed by atoms with Crippen LogP contribution in [0.1, 0.15) is 17.7 Å². The van der Waals surface area contributed by atoms with Crippen LogP contribution >= 0.6 is 27.5 Å². The molecule has 1 aliphatic rings. The van der Waals surface area contributed by atoms with Gasteiger partial charge >= 0.3 is 0 Å². The average Bonchev–Trinajstić information content (AvgIpc) is 3.36. The number of anilines is 1. The highest BCUT2D eigenvalue weighted by Gasteiger charge is 2.44. The number of amides is 3. The normalized spacial score (nSPS) is 16.1. The van der Waals surface area contributed by atoms with Crippen molar-refractivity contribution in [2.75, 3.05) is 4.90 Å². The molecule has 2 aromatic carbocycles. The third-order valence-electron chi connectivity index (χ3n) is 5.08. The zero-order valence-electron chi connectivity index (χ0n) is 16.3. The maximum absolute atomic E-state index is 13.2. The summed E-state index contributed by atoms with van der Waals surface area (Å²) in [5, 5.41) is 0.574. The molecule has 158 valence electrons. The fourth-order valence-corrected chi connectivity index (χ4v) is 3.93. The van der Waals surface area contributed by atoms with Gasteiger partial charge in [0.25, 0.3) is 5.91 Å². The van der Waals surface area contributed by atoms with E-state index in [1.54, 1.807) is 60.7 Å². The number of carbonyl (C=O) groups is 3. The van der Waals surface area contributed by atoms with Gasteiger partial charge in [0.05, 0.1) is 31.3 Å². The molecule has 3 amide bonds. The summed E-state index contributed by atoms with van der Waals surface area (Å²) in [4.78, 5) is 41.7. The van der Waals surface area contributed by atoms with E-state index in [2.05, 4.69) is 15.9 Å². The zero-order valence-corrected chi connectivity index (χ0v) is 18.7. The lowest BCUT2D eigenvalue weighted by Crippen LogP contribution is -2.45. The average molecular weight is 502 g/mol. The number of nitrogens with zero attached hydrogens (tertiary/aromatic N) is 2. The van der Waals surface area contributed by atoms with E-state index < -0.39 is 11.9 Å². The van der Waals surface area contributed by atoms with E-state index in [4.69, 9.17) is 16.0 Å². The highest BCUT2D eigenvalue weighted by atomic mass is 79.9. The maximum Gasteiger partial charge on any atom is 0.257 e. The van der Waals surface area contributed by atoms with Gasteiger partial charge in [0.15, 0.2) is 0 Å². The fourth-order valence-electron chi connectivity index (χ4n) is 3.54. The number of benzene rings is 2. The van der Waals surface area contributed by atoms with E-state index in [1.165, 1.54) is 11.2 Å². The minimum Gasteiger partial charge on any atom is -0.467 e. The molecule has 1 atom stereocenters. The number of rotatable bonds is 6. The summed E-state index contributed by atoms with van der Waals surface area (Å²) < 4.78 is 6.24. The molecule has 1 aliphatic heterocycles. The van der Waals surface area contributed by atoms with Crippen molar-refractivity contribution in [2.45, 2.75) is 25.4 Å². The Morgan fingerprint density at radius 3 is 2.45 bits per heavy atom. The molecule has 8 heteroatoms. The number of carbonyl (C=O) groups excluding carboxylic acids is 3. The van der Waals surface area contributed by atoms with Crippen LogP contribution in [0.2, 0.25) is 5.02 Å². The summed E-state index contributed by atoms with van der Waals surface area (Å²) in [6.45, 7) is 0.0945. The van der Waals surface area contributed by atoms with Crippen molar-refractivity contribution in [3.8, 4) is 0 Å². The Kier molecular flexibility index (Phi) is 6.25. The molecule has 0 saturated carbocycles. The quantitative estimate of drug-likeness (QED) is 0.463. The fraction of sp³-hybridized carbons (Fsp3) is 0.174. The number of furan rings is 1. The Morgan fingerprint density at radius 2 is 1.81 bits per heavy atom. The minimum absolute atomic E-state index is 0.0775. The van der Waals surface area contributed by atoms with Crippen molar-refractivity contribution in [2.24, 2.45) is 0 Å². The van der Waals surface area contributed by atoms with Gasteiger partial charge in [0, 0.05) is 9.50 Å². The molecule has 0 radical (unpaired) electrons. The number of hydrogen-bond donors (Lipinski definition) is 0. The van der Waals surface area contributed by atoms with Crippen LogP contribution in [0.25, 0.3) is 0 Å². The summed E-state index contributed by atoms with van der Waals surface area (Å²) in [5.74, 6) is -0.515. The van der Waals surface area contributed by atoms with Gasteiger partial charge in [0.1, 0.15) is 11.8 Å². The standard InChI is InChI=1S/C23H18BrClN2O4/c24-16-5-9-18(10-6-16)27-22(29)13-20(23(27)30)26(14-19-2-1-11-31-19)21(28)12-15-3-7-17(25)8-4-15/h1-11,20H,12-14H2. The SMILES string of the molecule is O=C1CC(N(Cc2ccco2)C(=O)Cc2ccc(Cl)cc2)C(=O)N1c1ccc(Br)cc1. The largest absolute Gasteiger partial charge is 0.467 e. The molecule has 1 aromatic heterocycles. The van der Waals surface area contributed by atoms with E-state index in [0.29, 0.717) is 16.5 Å². The van der Waals surface area contributed by atoms with E-state index in [9.17, 15) is 14.4 Å². The third kappa shape index (κ3) is 4.73. The first-order valence-corrected chi connectivity index (χ1v) is 10.8. The zero-order chi connectivity index (χ0) is 22.0. The molecular formula is C23H18BrClN2O4. The molecule has 1 unspecified atom stereocenters. The lowest BCUT2D eigenvalue weighted by atomic mass is 10.1. The second-order valence-corrected chi connectivity index (χ2v) is 8.52. The Balaban J connectivity index is 1.60. The molecular weight excluding hydrogens is 484 g/mol. The third-order valence-corrected chi connectivity index (χ3v) is 5.86. The lowest BCUT2D eigenvalue weighted by molar-refractivity contribution is -0.138. The van der Waals surface area contributed by atoms with E-state index in [-0.39, 0.29) is 31.2 Å². The minimum atomic E-state index is -0.902. The van der Waals surface area contributed by atoms with Crippen molar-refractivity contribution in [3.05, 3.63) is 87.7 Å². The van der Waals surface area contributed by atoms with Gasteiger partial charge in [-0.1, -0.05) is 39.7 Å². The molecule has 1 saturated heterocycles. The molecule has 0 N–H and O–H groups in total. The first-order valence-electron chi connectivity index (χ1n) is 9.61. The Morgan fingerprint density at radius 1 is 1.10 bits per heavy atom. The molecule has 2 heterocycles. The maximum atomic E-state index is 13.2. The Labute approximate surface area is 192 Å². The first kappa shape index (κ1) is 21.3. The van der Waals surface area contributed by atoms with Crippen molar-refractivity contribution >= 4 is 50.9 Å². The summed E-state index contributed by atoms with van der Waals surface area (Å²) >= 11 is 9.28. The van der Waals surface area contributed by atoms with Gasteiger partial charge in [-0.15, -0.1) is 0 Å². The van der Waals surface area contributed by atoms with Crippen LogP contribution in [0.15, 0.2) is 75.8 Å². The van der Waals surface area contributed by atoms with E-state index >= 15 is 0 Å². The lowest BCUT2D eigenvalue weighted by Gasteiger charge is -2.27. The molecule has 0 spiro atoms. The smallest absolute Gasteiger partial charge is 0.257 e. The second-order valence-electron chi connectivity index (χ2n) is 7.17. The molecule has 0 bridgehead atoms. The van der Waals surface area contributed by atoms with Crippen LogP contribution in [0, 0.1) is 0 Å². The van der Waals surface area contributed by atoms with Gasteiger partial charge < -0.3 is 9.32 Å². The highest BCUT2D eigenvalue weighted by Crippen LogP contribution is 2.28. The number of hydrogen-bond acceptors (Lipinski definition) is 4. The van der Waals surface area contributed by atoms with Crippen LogP contribution in [-0.4, -0.2) is 28.7 Å². The van der Waals surface area contributed by atoms with Gasteiger partial charge in [-0.3, -0.25) is 14.4 Å². The van der Waals surface area contributed by atoms with E-state index in [0.717, 1.165) is 14.9 Å². The highest BCUT2D eigenvalue weighted by molar-refractivity contribution is 9.10. The van der Waals surface area contributed by atoms with Gasteiger partial charge in [-0.25, -0.2) is 4.90 Å². The van der Waals surface area contributed by atoms with Gasteiger partial charge in [0.2, 0.25) is 11.8 Å². The van der Waals surface area contributed by atoms with Crippen molar-refractivity contribution in [1.82, 2.24) is 4.90 Å². The van der Waals surface area contributed by atoms with Crippen LogP contribution < -0.4 is 4.90 Å². The predicted molar refractivity (Wildman–Crippen MR) is 119 cm³/mol. The van der Waals surface area contributed by atoms with Crippen molar-refractivity contribution < 1.29 is 18.8 Å². The first-order chi connectivity index (χ1) is 14.9. The van der Waals surface area contributed by atoms with Crippen LogP contribution in [0.3, 0.4) is 0 Å². The Hall–Kier alpha value is -2.90. The monoisotopic (exact) mass is 500 g/mol. The Bertz CT molecular complexity index is 1100. The topological polar surface area (TPSA) is 70.8 Å². The van der Waals surface area contributed by atoms with Crippen LogP contribution in [0.4, 0.5) is 5.69 Å². The molecule has 31 heavy (non-hydrogen) atoms. The van der Waals surface area contributed by atoms with E-state index in [1.807, 2.05) is 0 Å². The predicted octanol–water partition coefficient (Wildman–Crippen LogP) is 4.60. The summed E-state index contributed by atoms with van der Waals surface area (Å²) in [5.41, 5.74) is 1.24. The number of halogens is 2. The number of imide groups is 1. The van der Waals surface area contributed by atoms with Crippen LogP contribution in [-0.2, 0) is 27.3 Å². The van der Waals surface area contributed by atoms with Gasteiger partial charge in [-0.05, 0) is 54.1 Å². The van der Waals surface area contributed by atoms with Crippen molar-refractivity contribution in [3.63, 3.8) is 0 Å². The molecule has 4 rings (SSSR count). The summed E-state index contributed by atoms with van der Waals surface area (Å²) in [6, 6.07) is 16.4.